The number of carbonyl (C=O) groups is 1. The van der Waals surface area contributed by atoms with Crippen LogP contribution in [-0.4, -0.2) is 6.29 Å². The molecule has 0 aliphatic heterocycles. The second-order valence-corrected chi connectivity index (χ2v) is 17.9. The minimum absolute atomic E-state index is 0.0415. The lowest BCUT2D eigenvalue weighted by molar-refractivity contribution is 0.112. The molecule has 3 aliphatic rings. The minimum atomic E-state index is -0.0851. The molecule has 0 unspecified atom stereocenters. The van der Waals surface area contributed by atoms with Crippen LogP contribution in [0.3, 0.4) is 0 Å². The lowest BCUT2D eigenvalue weighted by atomic mass is 9.80. The highest BCUT2D eigenvalue weighted by atomic mass is 32.1. The fourth-order valence-electron chi connectivity index (χ4n) is 9.07. The van der Waals surface area contributed by atoms with Crippen LogP contribution < -0.4 is 4.90 Å². The maximum Gasteiger partial charge on any atom is 0.160 e. The second-order valence-electron chi connectivity index (χ2n) is 15.7. The summed E-state index contributed by atoms with van der Waals surface area (Å²) in [6, 6.07) is 40.8. The Labute approximate surface area is 319 Å². The van der Waals surface area contributed by atoms with Crippen molar-refractivity contribution in [3.63, 3.8) is 0 Å². The maximum absolute atomic E-state index is 11.3. The van der Waals surface area contributed by atoms with Crippen molar-refractivity contribution >= 4 is 83.9 Å². The number of carbonyl (C=O) groups excluding carboxylic acids is 1. The Morgan fingerprint density at radius 1 is 0.604 bits per heavy atom. The third-order valence-corrected chi connectivity index (χ3v) is 13.9. The second kappa shape index (κ2) is 11.9. The molecule has 0 radical (unpaired) electrons. The average molecular weight is 722 g/mol. The number of allylic oxidation sites excluding steroid dienone is 4. The fourth-order valence-corrected chi connectivity index (χ4v) is 11.0. The number of nitrogens with zero attached hydrogens (tertiary/aromatic N) is 1. The summed E-state index contributed by atoms with van der Waals surface area (Å²) in [6.45, 7) is 9.49. The molecule has 0 atom stereocenters. The monoisotopic (exact) mass is 721 g/mol. The summed E-state index contributed by atoms with van der Waals surface area (Å²) in [5.41, 5.74) is 15.8. The molecule has 2 nitrogen and oxygen atoms in total. The molecule has 0 saturated carbocycles. The predicted octanol–water partition coefficient (Wildman–Crippen LogP) is 14.3. The molecule has 53 heavy (non-hydrogen) atoms. The number of aldehydes is 1. The first-order valence-corrected chi connectivity index (χ1v) is 20.1. The van der Waals surface area contributed by atoms with E-state index in [1.807, 2.05) is 6.07 Å². The number of hydrogen-bond acceptors (Lipinski definition) is 4. The Morgan fingerprint density at radius 2 is 1.23 bits per heavy atom. The van der Waals surface area contributed by atoms with Crippen molar-refractivity contribution in [1.82, 2.24) is 0 Å². The summed E-state index contributed by atoms with van der Waals surface area (Å²) in [6.07, 6.45) is 12.3. The smallest absolute Gasteiger partial charge is 0.160 e. The molecule has 3 aliphatic carbocycles. The molecule has 7 aromatic rings. The van der Waals surface area contributed by atoms with E-state index in [2.05, 4.69) is 160 Å². The molecule has 5 aromatic carbocycles. The van der Waals surface area contributed by atoms with Crippen molar-refractivity contribution in [3.8, 4) is 11.1 Å². The molecule has 0 amide bonds. The van der Waals surface area contributed by atoms with Crippen LogP contribution >= 0.6 is 22.7 Å². The van der Waals surface area contributed by atoms with Gasteiger partial charge in [0.2, 0.25) is 0 Å². The molecule has 2 aromatic heterocycles. The van der Waals surface area contributed by atoms with Crippen molar-refractivity contribution in [2.24, 2.45) is 0 Å². The summed E-state index contributed by atoms with van der Waals surface area (Å²) in [5.74, 6) is 0. The molecular formula is C49H39NOS2. The third-order valence-electron chi connectivity index (χ3n) is 11.8. The van der Waals surface area contributed by atoms with Crippen molar-refractivity contribution in [2.45, 2.75) is 51.4 Å². The van der Waals surface area contributed by atoms with Gasteiger partial charge in [-0.05, 0) is 140 Å². The zero-order valence-electron chi connectivity index (χ0n) is 30.4. The van der Waals surface area contributed by atoms with E-state index in [0.29, 0.717) is 0 Å². The molecule has 0 N–H and O–H groups in total. The molecule has 0 saturated heterocycles. The lowest BCUT2D eigenvalue weighted by Crippen LogP contribution is -2.18. The van der Waals surface area contributed by atoms with Gasteiger partial charge >= 0.3 is 0 Å². The molecular weight excluding hydrogens is 683 g/mol. The van der Waals surface area contributed by atoms with Crippen LogP contribution in [0.4, 0.5) is 17.1 Å². The van der Waals surface area contributed by atoms with E-state index >= 15 is 0 Å². The first kappa shape index (κ1) is 32.4. The minimum Gasteiger partial charge on any atom is -0.310 e. The Bertz CT molecular complexity index is 2700. The topological polar surface area (TPSA) is 20.3 Å². The van der Waals surface area contributed by atoms with Gasteiger partial charge in [-0.1, -0.05) is 94.5 Å². The van der Waals surface area contributed by atoms with Crippen LogP contribution in [0.1, 0.15) is 82.9 Å². The molecule has 258 valence electrons. The predicted molar refractivity (Wildman–Crippen MR) is 229 cm³/mol. The van der Waals surface area contributed by atoms with Crippen molar-refractivity contribution < 1.29 is 4.79 Å². The molecule has 0 spiro atoms. The highest BCUT2D eigenvalue weighted by molar-refractivity contribution is 7.21. The van der Waals surface area contributed by atoms with Gasteiger partial charge in [0, 0.05) is 42.2 Å². The van der Waals surface area contributed by atoms with Gasteiger partial charge in [0.25, 0.3) is 0 Å². The summed E-state index contributed by atoms with van der Waals surface area (Å²) in [4.78, 5) is 15.7. The SMILES string of the molecule is CC1(C)C2=C(CCC=C2)c2ccc(N(c3ccc(/C=C/c4cc5cc6sc(C=O)cc6cc5s4)cc3)c3ccc4c(c3)C(C)(C)c3ccccc3-4)cc21. The van der Waals surface area contributed by atoms with Crippen molar-refractivity contribution in [2.75, 3.05) is 4.90 Å². The summed E-state index contributed by atoms with van der Waals surface area (Å²) in [7, 11) is 0. The van der Waals surface area contributed by atoms with Gasteiger partial charge in [-0.3, -0.25) is 4.79 Å². The molecule has 10 rings (SSSR count). The lowest BCUT2D eigenvalue weighted by Gasteiger charge is -2.30. The number of rotatable bonds is 6. The first-order chi connectivity index (χ1) is 25.7. The number of fused-ring (bicyclic) bond motifs is 7. The average Bonchev–Trinajstić information content (AvgIpc) is 3.89. The van der Waals surface area contributed by atoms with Gasteiger partial charge in [0.15, 0.2) is 6.29 Å². The Kier molecular flexibility index (Phi) is 7.24. The zero-order chi connectivity index (χ0) is 36.1. The number of anilines is 3. The van der Waals surface area contributed by atoms with Gasteiger partial charge < -0.3 is 4.90 Å². The normalized spacial score (nSPS) is 16.3. The van der Waals surface area contributed by atoms with Gasteiger partial charge in [-0.25, -0.2) is 0 Å². The van der Waals surface area contributed by atoms with Crippen LogP contribution in [0.25, 0.3) is 49.0 Å². The van der Waals surface area contributed by atoms with Crippen LogP contribution in [0.5, 0.6) is 0 Å². The van der Waals surface area contributed by atoms with Crippen LogP contribution in [-0.2, 0) is 10.8 Å². The number of benzene rings is 5. The van der Waals surface area contributed by atoms with Crippen LogP contribution in [0.2, 0.25) is 0 Å². The van der Waals surface area contributed by atoms with E-state index in [9.17, 15) is 4.79 Å². The van der Waals surface area contributed by atoms with Gasteiger partial charge in [0.1, 0.15) is 0 Å². The van der Waals surface area contributed by atoms with E-state index < -0.39 is 0 Å². The van der Waals surface area contributed by atoms with Crippen LogP contribution in [0, 0.1) is 0 Å². The maximum atomic E-state index is 11.3. The number of thiophene rings is 2. The molecule has 0 bridgehead atoms. The summed E-state index contributed by atoms with van der Waals surface area (Å²) < 4.78 is 2.40. The standard InChI is InChI=1S/C49H39NOS2/c1-48(2)42-11-7-5-9-38(42)40-21-18-34(27-44(40)48)50(35-19-22-41-39-10-6-8-12-43(39)49(3,4)45(41)28-35)33-16-13-30(14-17-33)15-20-36-23-31-25-47-32(26-46(31)52-36)24-37(29-51)53-47/h5,7-9,11-29H,6,10H2,1-4H3/b20-15+. The Hall–Kier alpha value is -5.29. The van der Waals surface area contributed by atoms with Crippen molar-refractivity contribution in [3.05, 3.63) is 164 Å². The molecule has 4 heteroatoms. The zero-order valence-corrected chi connectivity index (χ0v) is 32.0. The van der Waals surface area contributed by atoms with Gasteiger partial charge in [-0.15, -0.1) is 22.7 Å². The Balaban J connectivity index is 1.03. The van der Waals surface area contributed by atoms with E-state index in [-0.39, 0.29) is 10.8 Å². The number of hydrogen-bond donors (Lipinski definition) is 0. The highest BCUT2D eigenvalue weighted by Crippen LogP contribution is 2.53. The fraction of sp³-hybridized carbons (Fsp3) is 0.163. The molecule has 2 heterocycles. The van der Waals surface area contributed by atoms with E-state index in [0.717, 1.165) is 45.3 Å². The summed E-state index contributed by atoms with van der Waals surface area (Å²) >= 11 is 3.34. The van der Waals surface area contributed by atoms with Gasteiger partial charge in [0.05, 0.1) is 4.88 Å². The summed E-state index contributed by atoms with van der Waals surface area (Å²) in [5, 5.41) is 2.36. The third kappa shape index (κ3) is 5.07. The molecule has 0 fully saturated rings. The van der Waals surface area contributed by atoms with E-state index in [1.165, 1.54) is 70.9 Å². The Morgan fingerprint density at radius 3 is 1.96 bits per heavy atom. The van der Waals surface area contributed by atoms with E-state index in [4.69, 9.17) is 0 Å². The van der Waals surface area contributed by atoms with E-state index in [1.54, 1.807) is 22.7 Å². The largest absolute Gasteiger partial charge is 0.310 e. The quantitative estimate of drug-likeness (QED) is 0.159. The first-order valence-electron chi connectivity index (χ1n) is 18.5. The van der Waals surface area contributed by atoms with Gasteiger partial charge in [-0.2, -0.15) is 0 Å². The highest BCUT2D eigenvalue weighted by Gasteiger charge is 2.38. The van der Waals surface area contributed by atoms with Crippen LogP contribution in [0.15, 0.2) is 127 Å². The van der Waals surface area contributed by atoms with Crippen molar-refractivity contribution in [1.29, 1.82) is 0 Å².